The van der Waals surface area contributed by atoms with Gasteiger partial charge in [-0.1, -0.05) is 90.4 Å². The molecule has 1 N–H and O–H groups in total. The number of hydrogen-bond acceptors (Lipinski definition) is 4. The van der Waals surface area contributed by atoms with E-state index in [-0.39, 0.29) is 5.75 Å². The van der Waals surface area contributed by atoms with Crippen molar-refractivity contribution < 1.29 is 19.4 Å². The number of unbranched alkanes of at least 4 members (excludes halogenated alkanes) is 13. The summed E-state index contributed by atoms with van der Waals surface area (Å²) < 4.78 is 10.1. The fraction of sp³-hybridized carbons (Fsp3) is 0.696. The summed E-state index contributed by atoms with van der Waals surface area (Å²) in [6, 6.07) is 6.00. The van der Waals surface area contributed by atoms with Crippen molar-refractivity contribution in [2.75, 3.05) is 6.61 Å². The summed E-state index contributed by atoms with van der Waals surface area (Å²) in [5.74, 6) is 0.511. The molecule has 0 unspecified atom stereocenters. The molecule has 0 heterocycles. The Hall–Kier alpha value is -1.71. The quantitative estimate of drug-likeness (QED) is 0.185. The second-order valence-electron chi connectivity index (χ2n) is 7.29. The minimum absolute atomic E-state index is 0.137. The minimum Gasteiger partial charge on any atom is -0.508 e. The number of phenolic OH excluding ortho intramolecular Hbond substituents is 1. The van der Waals surface area contributed by atoms with E-state index in [0.717, 1.165) is 12.8 Å². The average molecular weight is 379 g/mol. The summed E-state index contributed by atoms with van der Waals surface area (Å²) in [6.07, 6.45) is 17.6. The predicted molar refractivity (Wildman–Crippen MR) is 110 cm³/mol. The smallest absolute Gasteiger partial charge is 0.508 e. The molecule has 0 aliphatic carbocycles. The number of carbonyl (C=O) groups is 1. The SMILES string of the molecule is CCCCCCCCCCCCCCCCOC(=O)Oc1ccc(O)cc1. The molecule has 4 heteroatoms. The maximum absolute atomic E-state index is 11.5. The fourth-order valence-corrected chi connectivity index (χ4v) is 3.09. The number of hydrogen-bond donors (Lipinski definition) is 1. The van der Waals surface area contributed by atoms with Crippen LogP contribution in [0.4, 0.5) is 4.79 Å². The molecule has 0 bridgehead atoms. The molecule has 0 fully saturated rings. The van der Waals surface area contributed by atoms with Crippen molar-refractivity contribution in [2.24, 2.45) is 0 Å². The first-order valence-electron chi connectivity index (χ1n) is 10.9. The Balaban J connectivity index is 1.81. The van der Waals surface area contributed by atoms with Crippen molar-refractivity contribution in [2.45, 2.75) is 96.8 Å². The topological polar surface area (TPSA) is 55.8 Å². The summed E-state index contributed by atoms with van der Waals surface area (Å²) in [6.45, 7) is 2.66. The molecular formula is C23H38O4. The van der Waals surface area contributed by atoms with Crippen molar-refractivity contribution >= 4 is 6.16 Å². The van der Waals surface area contributed by atoms with Gasteiger partial charge in [0.25, 0.3) is 0 Å². The van der Waals surface area contributed by atoms with Gasteiger partial charge in [0.05, 0.1) is 6.61 Å². The first-order chi connectivity index (χ1) is 13.2. The van der Waals surface area contributed by atoms with Crippen molar-refractivity contribution in [1.29, 1.82) is 0 Å². The van der Waals surface area contributed by atoms with Crippen molar-refractivity contribution in [3.8, 4) is 11.5 Å². The standard InChI is InChI=1S/C23H38O4/c1-2-3-4-5-6-7-8-9-10-11-12-13-14-15-20-26-23(25)27-22-18-16-21(24)17-19-22/h16-19,24H,2-15,20H2,1H3. The lowest BCUT2D eigenvalue weighted by Crippen LogP contribution is -2.11. The van der Waals surface area contributed by atoms with Crippen molar-refractivity contribution in [3.05, 3.63) is 24.3 Å². The fourth-order valence-electron chi connectivity index (χ4n) is 3.09. The van der Waals surface area contributed by atoms with Crippen LogP contribution in [0.5, 0.6) is 11.5 Å². The zero-order valence-electron chi connectivity index (χ0n) is 17.1. The summed E-state index contributed by atoms with van der Waals surface area (Å²) >= 11 is 0. The molecule has 1 aromatic carbocycles. The van der Waals surface area contributed by atoms with Gasteiger partial charge in [-0.05, 0) is 30.7 Å². The van der Waals surface area contributed by atoms with E-state index in [0.29, 0.717) is 12.4 Å². The molecule has 4 nitrogen and oxygen atoms in total. The van der Waals surface area contributed by atoms with Gasteiger partial charge in [0.1, 0.15) is 11.5 Å². The van der Waals surface area contributed by atoms with E-state index in [9.17, 15) is 9.90 Å². The Morgan fingerprint density at radius 2 is 1.19 bits per heavy atom. The van der Waals surface area contributed by atoms with E-state index in [4.69, 9.17) is 9.47 Å². The van der Waals surface area contributed by atoms with E-state index in [1.165, 1.54) is 101 Å². The van der Waals surface area contributed by atoms with Crippen LogP contribution in [-0.2, 0) is 4.74 Å². The molecule has 27 heavy (non-hydrogen) atoms. The molecule has 0 spiro atoms. The second-order valence-corrected chi connectivity index (χ2v) is 7.29. The summed E-state index contributed by atoms with van der Waals surface area (Å²) in [7, 11) is 0. The van der Waals surface area contributed by atoms with Gasteiger partial charge in [0.2, 0.25) is 0 Å². The third-order valence-corrected chi connectivity index (χ3v) is 4.76. The first kappa shape index (κ1) is 23.3. The zero-order chi connectivity index (χ0) is 19.6. The average Bonchev–Trinajstić information content (AvgIpc) is 2.66. The molecule has 0 aliphatic heterocycles. The van der Waals surface area contributed by atoms with Crippen LogP contribution in [-0.4, -0.2) is 17.9 Å². The lowest BCUT2D eigenvalue weighted by molar-refractivity contribution is 0.0972. The van der Waals surface area contributed by atoms with Crippen LogP contribution in [0.3, 0.4) is 0 Å². The van der Waals surface area contributed by atoms with Gasteiger partial charge in [0, 0.05) is 0 Å². The summed E-state index contributed by atoms with van der Waals surface area (Å²) in [4.78, 5) is 11.5. The molecule has 0 radical (unpaired) electrons. The Kier molecular flexibility index (Phi) is 14.2. The van der Waals surface area contributed by atoms with Crippen LogP contribution in [0.1, 0.15) is 96.8 Å². The van der Waals surface area contributed by atoms with Gasteiger partial charge >= 0.3 is 6.16 Å². The Bertz CT molecular complexity index is 470. The second kappa shape index (κ2) is 16.5. The lowest BCUT2D eigenvalue weighted by atomic mass is 10.0. The zero-order valence-corrected chi connectivity index (χ0v) is 17.1. The van der Waals surface area contributed by atoms with E-state index < -0.39 is 6.16 Å². The first-order valence-corrected chi connectivity index (χ1v) is 10.9. The maximum atomic E-state index is 11.5. The van der Waals surface area contributed by atoms with Crippen molar-refractivity contribution in [3.63, 3.8) is 0 Å². The van der Waals surface area contributed by atoms with E-state index in [1.807, 2.05) is 0 Å². The summed E-state index contributed by atoms with van der Waals surface area (Å²) in [5.41, 5.74) is 0. The molecular weight excluding hydrogens is 340 g/mol. The van der Waals surface area contributed by atoms with Crippen LogP contribution < -0.4 is 4.74 Å². The third-order valence-electron chi connectivity index (χ3n) is 4.76. The molecule has 1 aromatic rings. The van der Waals surface area contributed by atoms with E-state index >= 15 is 0 Å². The number of benzene rings is 1. The van der Waals surface area contributed by atoms with Crippen LogP contribution in [0.15, 0.2) is 24.3 Å². The Morgan fingerprint density at radius 3 is 1.67 bits per heavy atom. The van der Waals surface area contributed by atoms with Gasteiger partial charge in [-0.15, -0.1) is 0 Å². The van der Waals surface area contributed by atoms with Crippen LogP contribution in [0.25, 0.3) is 0 Å². The van der Waals surface area contributed by atoms with E-state index in [2.05, 4.69) is 6.92 Å². The van der Waals surface area contributed by atoms with Crippen LogP contribution in [0.2, 0.25) is 0 Å². The molecule has 1 rings (SSSR count). The number of ether oxygens (including phenoxy) is 2. The highest BCUT2D eigenvalue weighted by Crippen LogP contribution is 2.16. The molecule has 0 aliphatic rings. The number of phenols is 1. The highest BCUT2D eigenvalue weighted by molar-refractivity contribution is 5.63. The minimum atomic E-state index is -0.685. The van der Waals surface area contributed by atoms with Gasteiger partial charge in [-0.25, -0.2) is 4.79 Å². The Morgan fingerprint density at radius 1 is 0.741 bits per heavy atom. The van der Waals surface area contributed by atoms with Gasteiger partial charge < -0.3 is 14.6 Å². The number of aromatic hydroxyl groups is 1. The van der Waals surface area contributed by atoms with Gasteiger partial charge in [0.15, 0.2) is 0 Å². The lowest BCUT2D eigenvalue weighted by Gasteiger charge is -2.06. The number of carbonyl (C=O) groups excluding carboxylic acids is 1. The molecule has 154 valence electrons. The normalized spacial score (nSPS) is 10.7. The molecule has 0 amide bonds. The molecule has 0 saturated heterocycles. The molecule has 0 saturated carbocycles. The monoisotopic (exact) mass is 378 g/mol. The van der Waals surface area contributed by atoms with E-state index in [1.54, 1.807) is 0 Å². The maximum Gasteiger partial charge on any atom is 0.513 e. The largest absolute Gasteiger partial charge is 0.513 e. The highest BCUT2D eigenvalue weighted by atomic mass is 16.7. The highest BCUT2D eigenvalue weighted by Gasteiger charge is 2.05. The number of rotatable bonds is 16. The molecule has 0 atom stereocenters. The predicted octanol–water partition coefficient (Wildman–Crippen LogP) is 7.39. The third kappa shape index (κ3) is 14.1. The molecule has 0 aromatic heterocycles. The van der Waals surface area contributed by atoms with Gasteiger partial charge in [-0.2, -0.15) is 0 Å². The van der Waals surface area contributed by atoms with Gasteiger partial charge in [-0.3, -0.25) is 0 Å². The Labute approximate surface area is 165 Å². The van der Waals surface area contributed by atoms with Crippen molar-refractivity contribution in [1.82, 2.24) is 0 Å². The summed E-state index contributed by atoms with van der Waals surface area (Å²) in [5, 5.41) is 9.17. The van der Waals surface area contributed by atoms with Crippen LogP contribution in [0, 0.1) is 0 Å². The van der Waals surface area contributed by atoms with Crippen LogP contribution >= 0.6 is 0 Å².